The molecule has 0 spiro atoms. The van der Waals surface area contributed by atoms with Gasteiger partial charge in [-0.3, -0.25) is 4.90 Å². The van der Waals surface area contributed by atoms with E-state index < -0.39 is 11.8 Å². The predicted octanol–water partition coefficient (Wildman–Crippen LogP) is 3.60. The molecule has 5 heterocycles. The molecule has 14 heteroatoms. The number of hydrogen-bond acceptors (Lipinski definition) is 10. The largest absolute Gasteiger partial charge is 0.476 e. The summed E-state index contributed by atoms with van der Waals surface area (Å²) in [4.78, 5) is 25.7. The molecule has 1 saturated heterocycles. The molecule has 6 rings (SSSR count). The van der Waals surface area contributed by atoms with Gasteiger partial charge >= 0.3 is 5.97 Å². The first-order valence-electron chi connectivity index (χ1n) is 13.8. The van der Waals surface area contributed by atoms with Crippen LogP contribution in [0.1, 0.15) is 44.8 Å². The normalized spacial score (nSPS) is 13.8. The van der Waals surface area contributed by atoms with Crippen molar-refractivity contribution < 1.29 is 19.0 Å². The third kappa shape index (κ3) is 6.04. The number of carbonyl (C=O) groups is 1. The smallest absolute Gasteiger partial charge is 0.367 e. The maximum atomic E-state index is 14.2. The van der Waals surface area contributed by atoms with Crippen molar-refractivity contribution in [2.45, 2.75) is 33.0 Å². The Hall–Kier alpha value is -4.87. The molecule has 1 fully saturated rings. The van der Waals surface area contributed by atoms with Crippen molar-refractivity contribution in [2.24, 2.45) is 0 Å². The summed E-state index contributed by atoms with van der Waals surface area (Å²) in [6.07, 6.45) is 4.21. The van der Waals surface area contributed by atoms with E-state index in [2.05, 4.69) is 36.4 Å². The van der Waals surface area contributed by atoms with Crippen molar-refractivity contribution >= 4 is 28.0 Å². The predicted molar refractivity (Wildman–Crippen MR) is 156 cm³/mol. The fourth-order valence-electron chi connectivity index (χ4n) is 5.08. The van der Waals surface area contributed by atoms with E-state index in [1.807, 2.05) is 24.4 Å². The minimum Gasteiger partial charge on any atom is -0.476 e. The Morgan fingerprint density at radius 1 is 1.19 bits per heavy atom. The number of nitrogens with zero attached hydrogens (tertiary/aromatic N) is 9. The van der Waals surface area contributed by atoms with E-state index in [0.29, 0.717) is 24.4 Å². The standard InChI is InChI=1S/C29H28FN9O3S/c1-2-37-18-32-15-21(37)13-22-24(34-39-28(22)43-27(35-39)29(40)41)16-36-8-10-38(11-9-36)25-4-3-5-26(33-25)42-17-20-7-6-19(14-31)12-23(20)30/h3-7,12,15,18H,2,8-11,13,16-17H2,1H3,(H,40,41). The number of imidazole rings is 1. The Bertz CT molecular complexity index is 1820. The molecule has 0 bridgehead atoms. The lowest BCUT2D eigenvalue weighted by atomic mass is 10.1. The Labute approximate surface area is 250 Å². The Balaban J connectivity index is 1.12. The van der Waals surface area contributed by atoms with Crippen molar-refractivity contribution in [1.29, 1.82) is 5.26 Å². The van der Waals surface area contributed by atoms with Gasteiger partial charge in [0.2, 0.25) is 10.9 Å². The van der Waals surface area contributed by atoms with Crippen molar-refractivity contribution in [1.82, 2.24) is 34.3 Å². The van der Waals surface area contributed by atoms with Crippen LogP contribution < -0.4 is 9.64 Å². The molecule has 0 aliphatic carbocycles. The minimum atomic E-state index is -1.07. The number of nitriles is 1. The number of carboxylic acids is 1. The molecular formula is C29H28FN9O3S. The van der Waals surface area contributed by atoms with Crippen molar-refractivity contribution in [2.75, 3.05) is 31.1 Å². The lowest BCUT2D eigenvalue weighted by Crippen LogP contribution is -2.46. The van der Waals surface area contributed by atoms with Gasteiger partial charge in [-0.15, -0.1) is 9.73 Å². The molecule has 4 aromatic heterocycles. The summed E-state index contributed by atoms with van der Waals surface area (Å²) < 4.78 is 23.5. The summed E-state index contributed by atoms with van der Waals surface area (Å²) in [5.41, 5.74) is 3.48. The number of ether oxygens (including phenoxy) is 1. The van der Waals surface area contributed by atoms with E-state index in [9.17, 15) is 14.3 Å². The summed E-state index contributed by atoms with van der Waals surface area (Å²) in [6, 6.07) is 11.8. The topological polar surface area (TPSA) is 138 Å². The average molecular weight is 602 g/mol. The van der Waals surface area contributed by atoms with Gasteiger partial charge in [-0.25, -0.2) is 14.2 Å². The first-order valence-corrected chi connectivity index (χ1v) is 14.6. The van der Waals surface area contributed by atoms with Crippen LogP contribution in [0.4, 0.5) is 10.2 Å². The number of fused-ring (bicyclic) bond motifs is 1. The number of anilines is 1. The number of rotatable bonds is 10. The number of benzene rings is 1. The van der Waals surface area contributed by atoms with E-state index in [0.717, 1.165) is 71.7 Å². The second-order valence-corrected chi connectivity index (χ2v) is 11.1. The number of aromatic nitrogens is 6. The fraction of sp³-hybridized carbons (Fsp3) is 0.310. The van der Waals surface area contributed by atoms with Gasteiger partial charge < -0.3 is 19.3 Å². The number of aryl methyl sites for hydroxylation is 1. The van der Waals surface area contributed by atoms with Gasteiger partial charge in [0, 0.05) is 74.8 Å². The van der Waals surface area contributed by atoms with Gasteiger partial charge in [0.15, 0.2) is 0 Å². The van der Waals surface area contributed by atoms with E-state index >= 15 is 0 Å². The number of pyridine rings is 1. The second-order valence-electron chi connectivity index (χ2n) is 10.1. The summed E-state index contributed by atoms with van der Waals surface area (Å²) in [5, 5.41) is 27.3. The summed E-state index contributed by atoms with van der Waals surface area (Å²) in [6.45, 7) is 6.48. The number of piperazine rings is 1. The Morgan fingerprint density at radius 3 is 2.77 bits per heavy atom. The Kier molecular flexibility index (Phi) is 7.99. The molecule has 5 aromatic rings. The number of carboxylic acid groups (broad SMARTS) is 1. The van der Waals surface area contributed by atoms with Gasteiger partial charge in [-0.05, 0) is 25.1 Å². The quantitative estimate of drug-likeness (QED) is 0.253. The van der Waals surface area contributed by atoms with Crippen LogP contribution in [0.15, 0.2) is 48.9 Å². The first kappa shape index (κ1) is 28.3. The molecule has 1 N–H and O–H groups in total. The molecule has 0 atom stereocenters. The highest BCUT2D eigenvalue weighted by Gasteiger charge is 2.25. The van der Waals surface area contributed by atoms with Crippen LogP contribution in [0.2, 0.25) is 0 Å². The Morgan fingerprint density at radius 2 is 2.02 bits per heavy atom. The van der Waals surface area contributed by atoms with Gasteiger partial charge in [0.25, 0.3) is 0 Å². The lowest BCUT2D eigenvalue weighted by molar-refractivity contribution is 0.0694. The van der Waals surface area contributed by atoms with Crippen molar-refractivity contribution in [3.8, 4) is 11.9 Å². The van der Waals surface area contributed by atoms with Crippen LogP contribution >= 0.6 is 11.3 Å². The molecular weight excluding hydrogens is 573 g/mol. The monoisotopic (exact) mass is 601 g/mol. The van der Waals surface area contributed by atoms with E-state index in [1.165, 1.54) is 10.7 Å². The van der Waals surface area contributed by atoms with E-state index in [4.69, 9.17) is 15.1 Å². The highest BCUT2D eigenvalue weighted by molar-refractivity contribution is 7.19. The molecule has 0 radical (unpaired) electrons. The second kappa shape index (κ2) is 12.2. The molecule has 1 aliphatic rings. The van der Waals surface area contributed by atoms with Gasteiger partial charge in [0.05, 0.1) is 23.7 Å². The van der Waals surface area contributed by atoms with Gasteiger partial charge in [-0.2, -0.15) is 15.3 Å². The molecule has 43 heavy (non-hydrogen) atoms. The third-order valence-electron chi connectivity index (χ3n) is 7.40. The average Bonchev–Trinajstić information content (AvgIpc) is 3.73. The van der Waals surface area contributed by atoms with Crippen LogP contribution in [0.3, 0.4) is 0 Å². The highest BCUT2D eigenvalue weighted by atomic mass is 32.1. The fourth-order valence-corrected chi connectivity index (χ4v) is 5.94. The van der Waals surface area contributed by atoms with Crippen molar-refractivity contribution in [3.63, 3.8) is 0 Å². The van der Waals surface area contributed by atoms with Crippen LogP contribution in [0.5, 0.6) is 5.88 Å². The lowest BCUT2D eigenvalue weighted by Gasteiger charge is -2.35. The van der Waals surface area contributed by atoms with Crippen LogP contribution in [-0.4, -0.2) is 71.5 Å². The summed E-state index contributed by atoms with van der Waals surface area (Å²) >= 11 is 1.13. The number of halogens is 1. The zero-order valence-electron chi connectivity index (χ0n) is 23.4. The summed E-state index contributed by atoms with van der Waals surface area (Å²) in [7, 11) is 0. The van der Waals surface area contributed by atoms with Crippen LogP contribution in [0.25, 0.3) is 4.83 Å². The van der Waals surface area contributed by atoms with Crippen molar-refractivity contribution in [3.05, 3.63) is 87.8 Å². The van der Waals surface area contributed by atoms with Gasteiger partial charge in [-0.1, -0.05) is 23.5 Å². The highest BCUT2D eigenvalue weighted by Crippen LogP contribution is 2.27. The van der Waals surface area contributed by atoms with Gasteiger partial charge in [0.1, 0.15) is 23.1 Å². The SMILES string of the molecule is CCn1cncc1Cc1c(CN2CCN(c3cccc(OCc4ccc(C#N)cc4F)n3)CC2)nn2nc(C(=O)O)sc12. The molecule has 0 unspecified atom stereocenters. The number of aromatic carboxylic acids is 1. The van der Waals surface area contributed by atoms with E-state index in [-0.39, 0.29) is 17.2 Å². The maximum absolute atomic E-state index is 14.2. The van der Waals surface area contributed by atoms with Crippen LogP contribution in [0, 0.1) is 17.1 Å². The van der Waals surface area contributed by atoms with E-state index in [1.54, 1.807) is 24.5 Å². The van der Waals surface area contributed by atoms with Crippen LogP contribution in [-0.2, 0) is 26.1 Å². The first-order chi connectivity index (χ1) is 20.9. The third-order valence-corrected chi connectivity index (χ3v) is 8.45. The molecule has 1 aromatic carbocycles. The molecule has 12 nitrogen and oxygen atoms in total. The molecule has 220 valence electrons. The summed E-state index contributed by atoms with van der Waals surface area (Å²) in [5.74, 6) is -0.381. The minimum absolute atomic E-state index is 0.00801. The zero-order chi connectivity index (χ0) is 29.9. The maximum Gasteiger partial charge on any atom is 0.367 e. The molecule has 0 amide bonds. The molecule has 0 saturated carbocycles. The molecule has 1 aliphatic heterocycles. The zero-order valence-corrected chi connectivity index (χ0v) is 24.2. The number of hydrogen-bond donors (Lipinski definition) is 1.